The van der Waals surface area contributed by atoms with Crippen LogP contribution in [-0.4, -0.2) is 24.0 Å². The summed E-state index contributed by atoms with van der Waals surface area (Å²) in [5.74, 6) is 1.44. The second-order valence-electron chi connectivity index (χ2n) is 4.43. The van der Waals surface area contributed by atoms with E-state index in [1.165, 1.54) is 0 Å². The molecular weight excluding hydrogens is 242 g/mol. The lowest BCUT2D eigenvalue weighted by atomic mass is 10.2. The molecule has 19 heavy (non-hydrogen) atoms. The number of hydrogen-bond acceptors (Lipinski definition) is 4. The third-order valence-electron chi connectivity index (χ3n) is 3.22. The van der Waals surface area contributed by atoms with Crippen molar-refractivity contribution in [1.29, 1.82) is 0 Å². The molecule has 2 rings (SSSR count). The maximum atomic E-state index is 5.93. The Hall–Kier alpha value is -2.17. The molecule has 102 valence electrons. The van der Waals surface area contributed by atoms with E-state index in [-0.39, 0.29) is 0 Å². The van der Waals surface area contributed by atoms with Crippen molar-refractivity contribution in [2.24, 2.45) is 0 Å². The van der Waals surface area contributed by atoms with Gasteiger partial charge in [-0.25, -0.2) is 0 Å². The van der Waals surface area contributed by atoms with Gasteiger partial charge in [0.25, 0.3) is 0 Å². The Labute approximate surface area is 112 Å². The van der Waals surface area contributed by atoms with Gasteiger partial charge in [-0.3, -0.25) is 4.68 Å². The van der Waals surface area contributed by atoms with Gasteiger partial charge in [-0.2, -0.15) is 5.10 Å². The highest BCUT2D eigenvalue weighted by molar-refractivity contribution is 5.47. The zero-order chi connectivity index (χ0) is 14.0. The van der Waals surface area contributed by atoms with Gasteiger partial charge < -0.3 is 15.2 Å². The molecule has 0 bridgehead atoms. The van der Waals surface area contributed by atoms with Crippen LogP contribution in [0.5, 0.6) is 11.5 Å². The first-order valence-electron chi connectivity index (χ1n) is 6.07. The van der Waals surface area contributed by atoms with Gasteiger partial charge in [0.05, 0.1) is 37.8 Å². The van der Waals surface area contributed by atoms with Gasteiger partial charge in [0.15, 0.2) is 11.5 Å². The van der Waals surface area contributed by atoms with Crippen LogP contribution >= 0.6 is 0 Å². The van der Waals surface area contributed by atoms with Crippen molar-refractivity contribution in [1.82, 2.24) is 9.78 Å². The highest BCUT2D eigenvalue weighted by Gasteiger charge is 2.10. The van der Waals surface area contributed by atoms with Crippen LogP contribution in [0.15, 0.2) is 18.2 Å². The van der Waals surface area contributed by atoms with Crippen molar-refractivity contribution in [2.75, 3.05) is 20.0 Å². The Morgan fingerprint density at radius 2 is 1.84 bits per heavy atom. The molecule has 1 aromatic heterocycles. The Balaban J connectivity index is 2.30. The summed E-state index contributed by atoms with van der Waals surface area (Å²) in [6, 6.07) is 5.84. The Bertz CT molecular complexity index is 591. The van der Waals surface area contributed by atoms with Gasteiger partial charge in [-0.05, 0) is 31.5 Å². The molecule has 0 aliphatic carbocycles. The minimum atomic E-state index is 0.657. The van der Waals surface area contributed by atoms with Crippen molar-refractivity contribution >= 4 is 5.69 Å². The second kappa shape index (κ2) is 5.22. The minimum Gasteiger partial charge on any atom is -0.493 e. The van der Waals surface area contributed by atoms with Crippen LogP contribution in [0, 0.1) is 13.8 Å². The number of ether oxygens (including phenoxy) is 2. The normalized spacial score (nSPS) is 10.5. The summed E-state index contributed by atoms with van der Waals surface area (Å²) >= 11 is 0. The third-order valence-corrected chi connectivity index (χ3v) is 3.22. The molecule has 5 heteroatoms. The molecular formula is C14H19N3O2. The second-order valence-corrected chi connectivity index (χ2v) is 4.43. The van der Waals surface area contributed by atoms with Gasteiger partial charge in [0, 0.05) is 0 Å². The topological polar surface area (TPSA) is 62.3 Å². The average molecular weight is 261 g/mol. The minimum absolute atomic E-state index is 0.657. The van der Waals surface area contributed by atoms with E-state index in [1.807, 2.05) is 36.7 Å². The monoisotopic (exact) mass is 261 g/mol. The van der Waals surface area contributed by atoms with Gasteiger partial charge >= 0.3 is 0 Å². The summed E-state index contributed by atoms with van der Waals surface area (Å²) in [7, 11) is 3.25. The summed E-state index contributed by atoms with van der Waals surface area (Å²) in [5.41, 5.74) is 9.61. The maximum Gasteiger partial charge on any atom is 0.161 e. The predicted octanol–water partition coefficient (Wildman–Crippen LogP) is 2.15. The van der Waals surface area contributed by atoms with Crippen molar-refractivity contribution in [3.05, 3.63) is 35.2 Å². The van der Waals surface area contributed by atoms with E-state index in [0.29, 0.717) is 6.54 Å². The summed E-state index contributed by atoms with van der Waals surface area (Å²) in [6.07, 6.45) is 0. The van der Waals surface area contributed by atoms with Crippen molar-refractivity contribution in [2.45, 2.75) is 20.4 Å². The molecule has 2 N–H and O–H groups in total. The van der Waals surface area contributed by atoms with Crippen LogP contribution < -0.4 is 15.2 Å². The van der Waals surface area contributed by atoms with Crippen LogP contribution in [0.1, 0.15) is 17.0 Å². The smallest absolute Gasteiger partial charge is 0.161 e. The number of nitrogens with two attached hydrogens (primary N) is 1. The van der Waals surface area contributed by atoms with Gasteiger partial charge in [-0.15, -0.1) is 0 Å². The zero-order valence-electron chi connectivity index (χ0n) is 11.7. The van der Waals surface area contributed by atoms with Gasteiger partial charge in [0.2, 0.25) is 0 Å². The first-order valence-corrected chi connectivity index (χ1v) is 6.07. The first kappa shape index (κ1) is 13.3. The van der Waals surface area contributed by atoms with E-state index in [4.69, 9.17) is 15.2 Å². The van der Waals surface area contributed by atoms with Crippen LogP contribution in [-0.2, 0) is 6.54 Å². The molecule has 0 amide bonds. The molecule has 0 aliphatic rings. The predicted molar refractivity (Wildman–Crippen MR) is 74.8 cm³/mol. The summed E-state index contributed by atoms with van der Waals surface area (Å²) in [6.45, 7) is 4.54. The number of hydrogen-bond donors (Lipinski definition) is 1. The third kappa shape index (κ3) is 2.50. The number of methoxy groups -OCH3 is 2. The highest BCUT2D eigenvalue weighted by atomic mass is 16.5. The van der Waals surface area contributed by atoms with E-state index in [1.54, 1.807) is 14.2 Å². The van der Waals surface area contributed by atoms with Gasteiger partial charge in [0.1, 0.15) is 0 Å². The molecule has 0 spiro atoms. The molecule has 2 aromatic rings. The van der Waals surface area contributed by atoms with E-state index in [9.17, 15) is 0 Å². The van der Waals surface area contributed by atoms with E-state index >= 15 is 0 Å². The number of nitrogen functional groups attached to an aromatic ring is 1. The fourth-order valence-electron chi connectivity index (χ4n) is 2.02. The molecule has 0 atom stereocenters. The Morgan fingerprint density at radius 3 is 2.37 bits per heavy atom. The maximum absolute atomic E-state index is 5.93. The van der Waals surface area contributed by atoms with Crippen LogP contribution in [0.4, 0.5) is 5.69 Å². The number of benzene rings is 1. The fraction of sp³-hybridized carbons (Fsp3) is 0.357. The largest absolute Gasteiger partial charge is 0.493 e. The van der Waals surface area contributed by atoms with Crippen LogP contribution in [0.25, 0.3) is 0 Å². The molecule has 0 unspecified atom stereocenters. The lowest BCUT2D eigenvalue weighted by Gasteiger charge is -2.10. The highest BCUT2D eigenvalue weighted by Crippen LogP contribution is 2.28. The summed E-state index contributed by atoms with van der Waals surface area (Å²) < 4.78 is 12.4. The van der Waals surface area contributed by atoms with Crippen LogP contribution in [0.3, 0.4) is 0 Å². The number of aryl methyl sites for hydroxylation is 1. The number of anilines is 1. The standard InChI is InChI=1S/C14H19N3O2/c1-9-14(15)10(2)17(16-9)8-11-5-6-12(18-3)13(7-11)19-4/h5-7H,8,15H2,1-4H3. The van der Waals surface area contributed by atoms with E-state index < -0.39 is 0 Å². The number of aromatic nitrogens is 2. The van der Waals surface area contributed by atoms with Gasteiger partial charge in [-0.1, -0.05) is 6.07 Å². The summed E-state index contributed by atoms with van der Waals surface area (Å²) in [5, 5.41) is 4.42. The molecule has 5 nitrogen and oxygen atoms in total. The Morgan fingerprint density at radius 1 is 1.16 bits per heavy atom. The lowest BCUT2D eigenvalue weighted by molar-refractivity contribution is 0.354. The molecule has 1 aromatic carbocycles. The zero-order valence-corrected chi connectivity index (χ0v) is 11.7. The van der Waals surface area contributed by atoms with Crippen LogP contribution in [0.2, 0.25) is 0 Å². The molecule has 0 radical (unpaired) electrons. The van der Waals surface area contributed by atoms with E-state index in [0.717, 1.165) is 34.1 Å². The molecule has 1 heterocycles. The average Bonchev–Trinajstić information content (AvgIpc) is 2.66. The number of rotatable bonds is 4. The van der Waals surface area contributed by atoms with Crippen molar-refractivity contribution in [3.63, 3.8) is 0 Å². The fourth-order valence-corrected chi connectivity index (χ4v) is 2.02. The number of nitrogens with zero attached hydrogens (tertiary/aromatic N) is 2. The lowest BCUT2D eigenvalue weighted by Crippen LogP contribution is -2.05. The Kier molecular flexibility index (Phi) is 3.64. The molecule has 0 saturated heterocycles. The molecule has 0 saturated carbocycles. The quantitative estimate of drug-likeness (QED) is 0.916. The van der Waals surface area contributed by atoms with Crippen molar-refractivity contribution in [3.8, 4) is 11.5 Å². The summed E-state index contributed by atoms with van der Waals surface area (Å²) in [4.78, 5) is 0. The van der Waals surface area contributed by atoms with Crippen molar-refractivity contribution < 1.29 is 9.47 Å². The van der Waals surface area contributed by atoms with E-state index in [2.05, 4.69) is 5.10 Å². The first-order chi connectivity index (χ1) is 9.06. The molecule has 0 aliphatic heterocycles. The molecule has 0 fully saturated rings. The SMILES string of the molecule is COc1ccc(Cn2nc(C)c(N)c2C)cc1OC.